The van der Waals surface area contributed by atoms with Crippen LogP contribution >= 0.6 is 0 Å². The van der Waals surface area contributed by atoms with Gasteiger partial charge in [-0.1, -0.05) is 44.6 Å². The summed E-state index contributed by atoms with van der Waals surface area (Å²) in [4.78, 5) is 0. The minimum atomic E-state index is 0.210. The largest absolute Gasteiger partial charge is 0.374 e. The Morgan fingerprint density at radius 3 is 2.69 bits per heavy atom. The van der Waals surface area contributed by atoms with E-state index in [-0.39, 0.29) is 5.41 Å². The molecule has 0 spiro atoms. The first kappa shape index (κ1) is 11.9. The molecule has 0 saturated carbocycles. The summed E-state index contributed by atoms with van der Waals surface area (Å²) in [5.74, 6) is 0.588. The highest BCUT2D eigenvalue weighted by Gasteiger charge is 2.52. The van der Waals surface area contributed by atoms with Crippen LogP contribution < -0.4 is 0 Å². The van der Waals surface area contributed by atoms with Crippen molar-refractivity contribution >= 4 is 0 Å². The van der Waals surface area contributed by atoms with Gasteiger partial charge in [-0.15, -0.1) is 0 Å². The van der Waals surface area contributed by atoms with Crippen LogP contribution in [0.3, 0.4) is 0 Å². The van der Waals surface area contributed by atoms with E-state index in [2.05, 4.69) is 52.8 Å². The molecule has 2 aliphatic rings. The number of allylic oxidation sites excluding steroid dienone is 3. The summed E-state index contributed by atoms with van der Waals surface area (Å²) in [5.41, 5.74) is 2.01. The topological polar surface area (TPSA) is 9.23 Å². The zero-order valence-electron chi connectivity index (χ0n) is 11.2. The lowest BCUT2D eigenvalue weighted by molar-refractivity contribution is -0.0220. The van der Waals surface area contributed by atoms with Crippen molar-refractivity contribution in [3.05, 3.63) is 23.8 Å². The van der Waals surface area contributed by atoms with Crippen LogP contribution in [-0.4, -0.2) is 12.7 Å². The van der Waals surface area contributed by atoms with Crippen LogP contribution in [0.25, 0.3) is 0 Å². The molecule has 0 radical (unpaired) electrons. The number of hydrogen-bond acceptors (Lipinski definition) is 1. The van der Waals surface area contributed by atoms with Gasteiger partial charge in [0.25, 0.3) is 0 Å². The molecule has 16 heavy (non-hydrogen) atoms. The van der Waals surface area contributed by atoms with Crippen LogP contribution in [0.15, 0.2) is 23.8 Å². The molecule has 0 aromatic rings. The Bertz CT molecular complexity index is 337. The van der Waals surface area contributed by atoms with E-state index in [0.29, 0.717) is 17.4 Å². The smallest absolute Gasteiger partial charge is 0.0803 e. The van der Waals surface area contributed by atoms with E-state index in [1.54, 1.807) is 0 Å². The number of ether oxygens (including phenoxy) is 1. The molecule has 0 fully saturated rings. The highest BCUT2D eigenvalue weighted by Crippen LogP contribution is 2.57. The van der Waals surface area contributed by atoms with Gasteiger partial charge in [-0.25, -0.2) is 0 Å². The highest BCUT2D eigenvalue weighted by molar-refractivity contribution is 5.33. The monoisotopic (exact) mass is 220 g/mol. The SMILES string of the molecule is CCOC1C=C(C)[C@]2(C)C=CCC(C)(C)C12. The first-order valence-corrected chi connectivity index (χ1v) is 6.40. The third-order valence-corrected chi connectivity index (χ3v) is 4.55. The Hall–Kier alpha value is -0.560. The summed E-state index contributed by atoms with van der Waals surface area (Å²) in [7, 11) is 0. The molecular weight excluding hydrogens is 196 g/mol. The molecule has 0 N–H and O–H groups in total. The average molecular weight is 220 g/mol. The van der Waals surface area contributed by atoms with E-state index in [1.165, 1.54) is 5.57 Å². The van der Waals surface area contributed by atoms with Gasteiger partial charge >= 0.3 is 0 Å². The lowest BCUT2D eigenvalue weighted by Gasteiger charge is -2.47. The average Bonchev–Trinajstić information content (AvgIpc) is 2.40. The second kappa shape index (κ2) is 3.73. The van der Waals surface area contributed by atoms with Crippen molar-refractivity contribution in [3.8, 4) is 0 Å². The Kier molecular flexibility index (Phi) is 2.78. The van der Waals surface area contributed by atoms with Gasteiger partial charge in [0.1, 0.15) is 0 Å². The van der Waals surface area contributed by atoms with Gasteiger partial charge < -0.3 is 4.74 Å². The van der Waals surface area contributed by atoms with E-state index >= 15 is 0 Å². The standard InChI is InChI=1S/C15H24O/c1-6-16-12-10-11(2)15(5)9-7-8-14(3,4)13(12)15/h7,9-10,12-13H,6,8H2,1-5H3/t12?,13?,15-/m0/s1. The van der Waals surface area contributed by atoms with Crippen molar-refractivity contribution in [1.82, 2.24) is 0 Å². The Morgan fingerprint density at radius 1 is 1.38 bits per heavy atom. The maximum Gasteiger partial charge on any atom is 0.0803 e. The normalized spacial score (nSPS) is 40.7. The third kappa shape index (κ3) is 1.57. The summed E-state index contributed by atoms with van der Waals surface area (Å²) in [6, 6.07) is 0. The Balaban J connectivity index is 2.40. The molecule has 0 aromatic heterocycles. The zero-order valence-corrected chi connectivity index (χ0v) is 11.2. The molecule has 1 nitrogen and oxygen atoms in total. The van der Waals surface area contributed by atoms with Crippen molar-refractivity contribution in [2.45, 2.75) is 47.1 Å². The molecule has 0 amide bonds. The molecule has 2 rings (SSSR count). The molecule has 0 saturated heterocycles. The van der Waals surface area contributed by atoms with Crippen LogP contribution in [0.5, 0.6) is 0 Å². The number of fused-ring (bicyclic) bond motifs is 1. The molecular formula is C15H24O. The molecule has 0 bridgehead atoms. The quantitative estimate of drug-likeness (QED) is 0.640. The summed E-state index contributed by atoms with van der Waals surface area (Å²) in [6.45, 7) is 12.2. The summed E-state index contributed by atoms with van der Waals surface area (Å²) in [6.07, 6.45) is 8.55. The lowest BCUT2D eigenvalue weighted by Crippen LogP contribution is -2.43. The van der Waals surface area contributed by atoms with Crippen molar-refractivity contribution in [2.24, 2.45) is 16.7 Å². The van der Waals surface area contributed by atoms with Gasteiger partial charge in [0, 0.05) is 17.9 Å². The van der Waals surface area contributed by atoms with Gasteiger partial charge in [-0.05, 0) is 25.7 Å². The van der Waals surface area contributed by atoms with Crippen molar-refractivity contribution < 1.29 is 4.74 Å². The third-order valence-electron chi connectivity index (χ3n) is 4.55. The fourth-order valence-electron chi connectivity index (χ4n) is 3.67. The maximum atomic E-state index is 5.93. The van der Waals surface area contributed by atoms with E-state index in [9.17, 15) is 0 Å². The molecule has 1 heteroatoms. The van der Waals surface area contributed by atoms with Crippen LogP contribution in [-0.2, 0) is 4.74 Å². The summed E-state index contributed by atoms with van der Waals surface area (Å²) < 4.78 is 5.93. The van der Waals surface area contributed by atoms with Gasteiger partial charge in [0.15, 0.2) is 0 Å². The van der Waals surface area contributed by atoms with Crippen LogP contribution in [0.4, 0.5) is 0 Å². The summed E-state index contributed by atoms with van der Waals surface area (Å²) in [5, 5.41) is 0. The van der Waals surface area contributed by atoms with Crippen molar-refractivity contribution in [3.63, 3.8) is 0 Å². The predicted octanol–water partition coefficient (Wildman–Crippen LogP) is 3.96. The Morgan fingerprint density at radius 2 is 2.06 bits per heavy atom. The lowest BCUT2D eigenvalue weighted by atomic mass is 9.59. The van der Waals surface area contributed by atoms with Gasteiger partial charge in [-0.2, -0.15) is 0 Å². The molecule has 2 unspecified atom stereocenters. The molecule has 2 aliphatic carbocycles. The fourth-order valence-corrected chi connectivity index (χ4v) is 3.67. The second-order valence-electron chi connectivity index (χ2n) is 6.13. The zero-order chi connectivity index (χ0) is 12.0. The molecule has 0 aromatic carbocycles. The predicted molar refractivity (Wildman–Crippen MR) is 68.3 cm³/mol. The molecule has 3 atom stereocenters. The minimum Gasteiger partial charge on any atom is -0.374 e. The van der Waals surface area contributed by atoms with E-state index in [1.807, 2.05) is 0 Å². The highest BCUT2D eigenvalue weighted by atomic mass is 16.5. The summed E-state index contributed by atoms with van der Waals surface area (Å²) >= 11 is 0. The number of rotatable bonds is 2. The first-order valence-electron chi connectivity index (χ1n) is 6.40. The van der Waals surface area contributed by atoms with Crippen molar-refractivity contribution in [1.29, 1.82) is 0 Å². The first-order chi connectivity index (χ1) is 7.42. The van der Waals surface area contributed by atoms with Gasteiger partial charge in [0.2, 0.25) is 0 Å². The van der Waals surface area contributed by atoms with E-state index < -0.39 is 0 Å². The van der Waals surface area contributed by atoms with Crippen LogP contribution in [0, 0.1) is 16.7 Å². The molecule has 0 heterocycles. The van der Waals surface area contributed by atoms with Gasteiger partial charge in [-0.3, -0.25) is 0 Å². The number of hydrogen-bond donors (Lipinski definition) is 0. The van der Waals surface area contributed by atoms with Crippen LogP contribution in [0.2, 0.25) is 0 Å². The van der Waals surface area contributed by atoms with E-state index in [4.69, 9.17) is 4.74 Å². The van der Waals surface area contributed by atoms with Crippen molar-refractivity contribution in [2.75, 3.05) is 6.61 Å². The molecule has 0 aliphatic heterocycles. The van der Waals surface area contributed by atoms with Crippen LogP contribution in [0.1, 0.15) is 41.0 Å². The molecule has 90 valence electrons. The Labute approximate surface area is 99.6 Å². The van der Waals surface area contributed by atoms with Gasteiger partial charge in [0.05, 0.1) is 6.10 Å². The minimum absolute atomic E-state index is 0.210. The second-order valence-corrected chi connectivity index (χ2v) is 6.13. The fraction of sp³-hybridized carbons (Fsp3) is 0.733. The van der Waals surface area contributed by atoms with E-state index in [0.717, 1.165) is 13.0 Å². The maximum absolute atomic E-state index is 5.93.